The number of aryl methyl sites for hydroxylation is 1. The number of halogens is 3. The number of carbonyl (C=O) groups excluding carboxylic acids is 1. The molecule has 0 radical (unpaired) electrons. The molecule has 2 aromatic rings. The first-order valence-electron chi connectivity index (χ1n) is 6.81. The van der Waals surface area contributed by atoms with E-state index in [1.807, 2.05) is 31.2 Å². The first-order chi connectivity index (χ1) is 10.8. The van der Waals surface area contributed by atoms with Crippen LogP contribution < -0.4 is 10.6 Å². The van der Waals surface area contributed by atoms with Gasteiger partial charge in [0.2, 0.25) is 0 Å². The highest BCUT2D eigenvalue weighted by Crippen LogP contribution is 2.27. The lowest BCUT2D eigenvalue weighted by Gasteiger charge is -2.15. The molecule has 0 fully saturated rings. The number of benzene rings is 1. The zero-order valence-electron chi connectivity index (χ0n) is 12.5. The summed E-state index contributed by atoms with van der Waals surface area (Å²) in [4.78, 5) is 11.9. The minimum Gasteiger partial charge on any atom is -0.331 e. The van der Waals surface area contributed by atoms with Gasteiger partial charge in [0.1, 0.15) is 0 Å². The molecule has 1 aromatic carbocycles. The van der Waals surface area contributed by atoms with Crippen LogP contribution in [0.2, 0.25) is 0 Å². The summed E-state index contributed by atoms with van der Waals surface area (Å²) >= 11 is 0. The lowest BCUT2D eigenvalue weighted by Crippen LogP contribution is -2.31. The van der Waals surface area contributed by atoms with Crippen molar-refractivity contribution in [3.8, 4) is 0 Å². The largest absolute Gasteiger partial charge is 0.435 e. The van der Waals surface area contributed by atoms with Crippen molar-refractivity contribution in [3.05, 3.63) is 53.2 Å². The number of nitrogens with one attached hydrogen (secondary N) is 2. The Hall–Kier alpha value is -2.64. The van der Waals surface area contributed by atoms with E-state index in [2.05, 4.69) is 20.8 Å². The number of urea groups is 1. The summed E-state index contributed by atoms with van der Waals surface area (Å²) in [5, 5.41) is 11.4. The van der Waals surface area contributed by atoms with Gasteiger partial charge in [0, 0.05) is 0 Å². The minimum absolute atomic E-state index is 0.0630. The van der Waals surface area contributed by atoms with Crippen LogP contribution in [-0.4, -0.2) is 16.2 Å². The molecule has 1 unspecified atom stereocenters. The molecular formula is C15H15F3N4O. The number of nitrogens with zero attached hydrogens (tertiary/aromatic N) is 2. The maximum absolute atomic E-state index is 12.4. The number of amides is 2. The third-order valence-electron chi connectivity index (χ3n) is 3.09. The average molecular weight is 324 g/mol. The van der Waals surface area contributed by atoms with E-state index < -0.39 is 17.9 Å². The molecule has 0 spiro atoms. The second-order valence-corrected chi connectivity index (χ2v) is 5.04. The Morgan fingerprint density at radius 1 is 1.17 bits per heavy atom. The summed E-state index contributed by atoms with van der Waals surface area (Å²) in [5.41, 5.74) is 0.861. The molecule has 1 heterocycles. The summed E-state index contributed by atoms with van der Waals surface area (Å²) in [6.45, 7) is 3.74. The maximum atomic E-state index is 12.4. The van der Waals surface area contributed by atoms with Crippen molar-refractivity contribution >= 4 is 11.8 Å². The van der Waals surface area contributed by atoms with Gasteiger partial charge in [0.05, 0.1) is 6.04 Å². The van der Waals surface area contributed by atoms with E-state index in [0.717, 1.165) is 23.3 Å². The Bertz CT molecular complexity index is 686. The Balaban J connectivity index is 1.97. The number of aromatic nitrogens is 2. The summed E-state index contributed by atoms with van der Waals surface area (Å²) in [6.07, 6.45) is -4.56. The second-order valence-electron chi connectivity index (χ2n) is 5.04. The van der Waals surface area contributed by atoms with Crippen LogP contribution in [0.3, 0.4) is 0 Å². The molecule has 0 bridgehead atoms. The van der Waals surface area contributed by atoms with Crippen LogP contribution in [0, 0.1) is 6.92 Å². The average Bonchev–Trinajstić information content (AvgIpc) is 2.46. The van der Waals surface area contributed by atoms with Crippen molar-refractivity contribution < 1.29 is 18.0 Å². The summed E-state index contributed by atoms with van der Waals surface area (Å²) in [5.74, 6) is -0.0630. The van der Waals surface area contributed by atoms with Crippen LogP contribution in [0.4, 0.5) is 23.8 Å². The highest BCUT2D eigenvalue weighted by Gasteiger charge is 2.32. The number of anilines is 1. The fraction of sp³-hybridized carbons (Fsp3) is 0.267. The highest BCUT2D eigenvalue weighted by molar-refractivity contribution is 5.88. The molecule has 5 nitrogen and oxygen atoms in total. The van der Waals surface area contributed by atoms with Crippen molar-refractivity contribution in [1.82, 2.24) is 15.5 Å². The molecule has 0 aliphatic rings. The number of alkyl halides is 3. The smallest absolute Gasteiger partial charge is 0.331 e. The van der Waals surface area contributed by atoms with E-state index in [-0.39, 0.29) is 11.9 Å². The van der Waals surface area contributed by atoms with E-state index in [1.54, 1.807) is 6.92 Å². The van der Waals surface area contributed by atoms with Crippen LogP contribution in [0.15, 0.2) is 36.4 Å². The van der Waals surface area contributed by atoms with Crippen molar-refractivity contribution in [3.63, 3.8) is 0 Å². The van der Waals surface area contributed by atoms with E-state index >= 15 is 0 Å². The van der Waals surface area contributed by atoms with E-state index in [4.69, 9.17) is 0 Å². The molecule has 0 saturated carbocycles. The van der Waals surface area contributed by atoms with Crippen molar-refractivity contribution in [2.24, 2.45) is 0 Å². The summed E-state index contributed by atoms with van der Waals surface area (Å²) in [6, 6.07) is 8.58. The lowest BCUT2D eigenvalue weighted by molar-refractivity contribution is -0.141. The molecule has 0 saturated heterocycles. The fourth-order valence-corrected chi connectivity index (χ4v) is 1.92. The van der Waals surface area contributed by atoms with Crippen LogP contribution in [0.25, 0.3) is 0 Å². The predicted molar refractivity (Wildman–Crippen MR) is 78.8 cm³/mol. The topological polar surface area (TPSA) is 66.9 Å². The molecule has 8 heteroatoms. The van der Waals surface area contributed by atoms with Crippen molar-refractivity contribution in [1.29, 1.82) is 0 Å². The van der Waals surface area contributed by atoms with Crippen LogP contribution in [0.5, 0.6) is 0 Å². The molecule has 122 valence electrons. The van der Waals surface area contributed by atoms with Crippen molar-refractivity contribution in [2.45, 2.75) is 26.1 Å². The van der Waals surface area contributed by atoms with Gasteiger partial charge in [0.25, 0.3) is 0 Å². The van der Waals surface area contributed by atoms with Crippen LogP contribution >= 0.6 is 0 Å². The Kier molecular flexibility index (Phi) is 4.83. The zero-order chi connectivity index (χ0) is 17.0. The number of hydrogen-bond donors (Lipinski definition) is 2. The van der Waals surface area contributed by atoms with Gasteiger partial charge < -0.3 is 5.32 Å². The number of carbonyl (C=O) groups is 1. The molecule has 0 aliphatic carbocycles. The van der Waals surface area contributed by atoms with E-state index in [9.17, 15) is 18.0 Å². The first kappa shape index (κ1) is 16.7. The van der Waals surface area contributed by atoms with Crippen LogP contribution in [0.1, 0.15) is 29.8 Å². The Morgan fingerprint density at radius 2 is 1.91 bits per heavy atom. The van der Waals surface area contributed by atoms with Gasteiger partial charge in [0.15, 0.2) is 11.5 Å². The summed E-state index contributed by atoms with van der Waals surface area (Å²) in [7, 11) is 0. The molecule has 2 N–H and O–H groups in total. The van der Waals surface area contributed by atoms with Gasteiger partial charge >= 0.3 is 12.2 Å². The quantitative estimate of drug-likeness (QED) is 0.905. The first-order valence-corrected chi connectivity index (χ1v) is 6.81. The van der Waals surface area contributed by atoms with Gasteiger partial charge in [-0.3, -0.25) is 5.32 Å². The highest BCUT2D eigenvalue weighted by atomic mass is 19.4. The third-order valence-corrected chi connectivity index (χ3v) is 3.09. The molecule has 1 aromatic heterocycles. The van der Waals surface area contributed by atoms with E-state index in [0.29, 0.717) is 0 Å². The molecule has 1 atom stereocenters. The van der Waals surface area contributed by atoms with Gasteiger partial charge in [-0.2, -0.15) is 13.2 Å². The van der Waals surface area contributed by atoms with E-state index in [1.165, 1.54) is 0 Å². The molecule has 2 rings (SSSR count). The third kappa shape index (κ3) is 4.67. The normalized spacial score (nSPS) is 12.6. The van der Waals surface area contributed by atoms with Gasteiger partial charge in [-0.1, -0.05) is 29.8 Å². The minimum atomic E-state index is -4.56. The molecule has 0 aliphatic heterocycles. The van der Waals surface area contributed by atoms with Crippen LogP contribution in [-0.2, 0) is 6.18 Å². The number of hydrogen-bond acceptors (Lipinski definition) is 3. The summed E-state index contributed by atoms with van der Waals surface area (Å²) < 4.78 is 37.1. The number of rotatable bonds is 3. The standard InChI is InChI=1S/C15H15F3N4O/c1-9-4-3-5-11(8-9)10(2)19-14(23)20-13-7-6-12(21-22-13)15(16,17)18/h3-8,10H,1-2H3,(H2,19,20,22,23). The zero-order valence-corrected chi connectivity index (χ0v) is 12.5. The predicted octanol–water partition coefficient (Wildman–Crippen LogP) is 3.69. The second kappa shape index (κ2) is 6.64. The van der Waals surface area contributed by atoms with Gasteiger partial charge in [-0.15, -0.1) is 10.2 Å². The van der Waals surface area contributed by atoms with Crippen molar-refractivity contribution in [2.75, 3.05) is 5.32 Å². The molecular weight excluding hydrogens is 309 g/mol. The fourth-order valence-electron chi connectivity index (χ4n) is 1.92. The lowest BCUT2D eigenvalue weighted by atomic mass is 10.1. The molecule has 2 amide bonds. The van der Waals surface area contributed by atoms with Gasteiger partial charge in [-0.05, 0) is 31.5 Å². The maximum Gasteiger partial charge on any atom is 0.435 e. The monoisotopic (exact) mass is 324 g/mol. The molecule has 23 heavy (non-hydrogen) atoms. The Morgan fingerprint density at radius 3 is 2.48 bits per heavy atom. The van der Waals surface area contributed by atoms with Gasteiger partial charge in [-0.25, -0.2) is 4.79 Å². The SMILES string of the molecule is Cc1cccc(C(C)NC(=O)Nc2ccc(C(F)(F)F)nn2)c1. The Labute approximate surface area is 130 Å².